The molecule has 1 atom stereocenters. The number of benzene rings is 3. The van der Waals surface area contributed by atoms with Crippen molar-refractivity contribution in [2.75, 3.05) is 25.9 Å². The number of anilines is 1. The largest absolute Gasteiger partial charge is 0.454 e. The number of nitrogens with zero attached hydrogens (tertiary/aromatic N) is 3. The first kappa shape index (κ1) is 23.0. The van der Waals surface area contributed by atoms with E-state index in [1.165, 1.54) is 0 Å². The molecule has 8 heteroatoms. The standard InChI is InChI=1S/C27H24ClN3O4/c1-17-24(28)25(26(33-3)18-8-5-4-6-9-18)31(29-17)21-11-7-10-19(14-21)27(32)30(2)20-12-13-22-23(15-20)35-16-34-22/h4-15,26H,16H2,1-3H3. The highest BCUT2D eigenvalue weighted by atomic mass is 35.5. The Morgan fingerprint density at radius 2 is 1.83 bits per heavy atom. The van der Waals surface area contributed by atoms with Crippen LogP contribution >= 0.6 is 11.6 Å². The fourth-order valence-electron chi connectivity index (χ4n) is 4.16. The van der Waals surface area contributed by atoms with E-state index < -0.39 is 6.10 Å². The highest BCUT2D eigenvalue weighted by molar-refractivity contribution is 6.32. The van der Waals surface area contributed by atoms with Gasteiger partial charge in [-0.25, -0.2) is 4.68 Å². The predicted molar refractivity (Wildman–Crippen MR) is 134 cm³/mol. The number of halogens is 1. The number of hydrogen-bond donors (Lipinski definition) is 0. The number of rotatable bonds is 6. The predicted octanol–water partition coefficient (Wildman–Crippen LogP) is 5.58. The van der Waals surface area contributed by atoms with Gasteiger partial charge in [0.2, 0.25) is 6.79 Å². The third-order valence-electron chi connectivity index (χ3n) is 5.99. The average Bonchev–Trinajstić information content (AvgIpc) is 3.48. The molecule has 0 aliphatic carbocycles. The molecule has 3 aromatic carbocycles. The van der Waals surface area contributed by atoms with E-state index in [2.05, 4.69) is 5.10 Å². The molecular weight excluding hydrogens is 466 g/mol. The van der Waals surface area contributed by atoms with Crippen LogP contribution in [0.1, 0.15) is 33.4 Å². The van der Waals surface area contributed by atoms with E-state index in [0.29, 0.717) is 44.8 Å². The van der Waals surface area contributed by atoms with Crippen LogP contribution in [0.15, 0.2) is 72.8 Å². The van der Waals surface area contributed by atoms with Crippen LogP contribution in [-0.4, -0.2) is 36.6 Å². The molecular formula is C27H24ClN3O4. The van der Waals surface area contributed by atoms with Gasteiger partial charge in [0.05, 0.1) is 22.1 Å². The van der Waals surface area contributed by atoms with Gasteiger partial charge in [-0.3, -0.25) is 4.79 Å². The third-order valence-corrected chi connectivity index (χ3v) is 6.46. The van der Waals surface area contributed by atoms with Crippen LogP contribution < -0.4 is 14.4 Å². The molecule has 0 N–H and O–H groups in total. The quantitative estimate of drug-likeness (QED) is 0.354. The van der Waals surface area contributed by atoms with Gasteiger partial charge in [0.15, 0.2) is 11.5 Å². The Bertz CT molecular complexity index is 1390. The Kier molecular flexibility index (Phi) is 6.19. The summed E-state index contributed by atoms with van der Waals surface area (Å²) in [5.41, 5.74) is 4.24. The zero-order chi connectivity index (χ0) is 24.5. The van der Waals surface area contributed by atoms with E-state index >= 15 is 0 Å². The Morgan fingerprint density at radius 1 is 1.06 bits per heavy atom. The molecule has 178 valence electrons. The van der Waals surface area contributed by atoms with Crippen molar-refractivity contribution in [3.8, 4) is 17.2 Å². The van der Waals surface area contributed by atoms with Gasteiger partial charge in [-0.15, -0.1) is 0 Å². The molecule has 2 heterocycles. The highest BCUT2D eigenvalue weighted by Gasteiger charge is 2.26. The summed E-state index contributed by atoms with van der Waals surface area (Å²) in [6, 6.07) is 22.5. The number of aromatic nitrogens is 2. The molecule has 1 unspecified atom stereocenters. The van der Waals surface area contributed by atoms with Crippen molar-refractivity contribution in [2.24, 2.45) is 0 Å². The van der Waals surface area contributed by atoms with Gasteiger partial charge in [-0.05, 0) is 42.8 Å². The van der Waals surface area contributed by atoms with Gasteiger partial charge in [-0.1, -0.05) is 48.0 Å². The summed E-state index contributed by atoms with van der Waals surface area (Å²) in [5, 5.41) is 5.19. The number of methoxy groups -OCH3 is 1. The molecule has 0 radical (unpaired) electrons. The van der Waals surface area contributed by atoms with Gasteiger partial charge in [0.25, 0.3) is 5.91 Å². The monoisotopic (exact) mass is 489 g/mol. The SMILES string of the molecule is COC(c1ccccc1)c1c(Cl)c(C)nn1-c1cccc(C(=O)N(C)c2ccc3c(c2)OCO3)c1. The minimum Gasteiger partial charge on any atom is -0.454 e. The minimum atomic E-state index is -0.430. The Balaban J connectivity index is 1.51. The van der Waals surface area contributed by atoms with Crippen LogP contribution in [0.2, 0.25) is 5.02 Å². The number of carbonyl (C=O) groups excluding carboxylic acids is 1. The molecule has 1 aliphatic heterocycles. The van der Waals surface area contributed by atoms with Crippen LogP contribution in [0, 0.1) is 6.92 Å². The molecule has 35 heavy (non-hydrogen) atoms. The number of carbonyl (C=O) groups is 1. The summed E-state index contributed by atoms with van der Waals surface area (Å²) in [5.74, 6) is 1.11. The second-order valence-corrected chi connectivity index (χ2v) is 8.55. The molecule has 0 saturated heterocycles. The van der Waals surface area contributed by atoms with Crippen molar-refractivity contribution in [2.45, 2.75) is 13.0 Å². The van der Waals surface area contributed by atoms with Crippen LogP contribution in [0.5, 0.6) is 11.5 Å². The molecule has 7 nitrogen and oxygen atoms in total. The van der Waals surface area contributed by atoms with E-state index in [-0.39, 0.29) is 12.7 Å². The molecule has 0 bridgehead atoms. The lowest BCUT2D eigenvalue weighted by Crippen LogP contribution is -2.26. The first-order valence-electron chi connectivity index (χ1n) is 11.1. The molecule has 0 fully saturated rings. The first-order valence-corrected chi connectivity index (χ1v) is 11.5. The van der Waals surface area contributed by atoms with Crippen molar-refractivity contribution in [1.82, 2.24) is 9.78 Å². The van der Waals surface area contributed by atoms with E-state index in [4.69, 9.17) is 25.8 Å². The molecule has 1 aliphatic rings. The lowest BCUT2D eigenvalue weighted by atomic mass is 10.1. The van der Waals surface area contributed by atoms with Crippen molar-refractivity contribution >= 4 is 23.2 Å². The fourth-order valence-corrected chi connectivity index (χ4v) is 4.37. The van der Waals surface area contributed by atoms with Crippen molar-refractivity contribution in [3.63, 3.8) is 0 Å². The summed E-state index contributed by atoms with van der Waals surface area (Å²) in [7, 11) is 3.37. The number of amides is 1. The summed E-state index contributed by atoms with van der Waals surface area (Å²) >= 11 is 6.71. The molecule has 0 spiro atoms. The van der Waals surface area contributed by atoms with Gasteiger partial charge in [0.1, 0.15) is 6.10 Å². The molecule has 1 amide bonds. The zero-order valence-electron chi connectivity index (χ0n) is 19.6. The summed E-state index contributed by atoms with van der Waals surface area (Å²) in [4.78, 5) is 14.9. The topological polar surface area (TPSA) is 65.8 Å². The number of ether oxygens (including phenoxy) is 3. The number of fused-ring (bicyclic) bond motifs is 1. The third kappa shape index (κ3) is 4.24. The lowest BCUT2D eigenvalue weighted by Gasteiger charge is -2.20. The van der Waals surface area contributed by atoms with E-state index in [9.17, 15) is 4.79 Å². The second-order valence-electron chi connectivity index (χ2n) is 8.17. The molecule has 1 aromatic heterocycles. The maximum atomic E-state index is 13.4. The average molecular weight is 490 g/mol. The van der Waals surface area contributed by atoms with Crippen molar-refractivity contribution < 1.29 is 19.0 Å². The minimum absolute atomic E-state index is 0.173. The Labute approximate surface area is 208 Å². The number of hydrogen-bond acceptors (Lipinski definition) is 5. The summed E-state index contributed by atoms with van der Waals surface area (Å²) in [6.45, 7) is 2.03. The van der Waals surface area contributed by atoms with E-state index in [1.54, 1.807) is 48.0 Å². The molecule has 5 rings (SSSR count). The molecule has 4 aromatic rings. The van der Waals surface area contributed by atoms with Crippen LogP contribution in [0.3, 0.4) is 0 Å². The highest BCUT2D eigenvalue weighted by Crippen LogP contribution is 2.36. The van der Waals surface area contributed by atoms with Crippen LogP contribution in [0.4, 0.5) is 5.69 Å². The lowest BCUT2D eigenvalue weighted by molar-refractivity contribution is 0.0993. The van der Waals surface area contributed by atoms with Crippen molar-refractivity contribution in [1.29, 1.82) is 0 Å². The molecule has 0 saturated carbocycles. The first-order chi connectivity index (χ1) is 17.0. The Morgan fingerprint density at radius 3 is 2.60 bits per heavy atom. The summed E-state index contributed by atoms with van der Waals surface area (Å²) in [6.07, 6.45) is -0.430. The summed E-state index contributed by atoms with van der Waals surface area (Å²) < 4.78 is 18.4. The maximum absolute atomic E-state index is 13.4. The van der Waals surface area contributed by atoms with Gasteiger partial charge >= 0.3 is 0 Å². The van der Waals surface area contributed by atoms with Gasteiger partial charge in [-0.2, -0.15) is 5.10 Å². The normalized spacial score (nSPS) is 13.0. The zero-order valence-corrected chi connectivity index (χ0v) is 20.3. The number of aryl methyl sites for hydroxylation is 1. The van der Waals surface area contributed by atoms with E-state index in [0.717, 1.165) is 5.56 Å². The Hall–Kier alpha value is -3.81. The second kappa shape index (κ2) is 9.44. The van der Waals surface area contributed by atoms with Crippen molar-refractivity contribution in [3.05, 3.63) is 100 Å². The van der Waals surface area contributed by atoms with Crippen LogP contribution in [-0.2, 0) is 4.74 Å². The van der Waals surface area contributed by atoms with Gasteiger partial charge in [0, 0.05) is 31.5 Å². The fraction of sp³-hybridized carbons (Fsp3) is 0.185. The van der Waals surface area contributed by atoms with E-state index in [1.807, 2.05) is 55.5 Å². The van der Waals surface area contributed by atoms with Crippen LogP contribution in [0.25, 0.3) is 5.69 Å². The smallest absolute Gasteiger partial charge is 0.258 e. The van der Waals surface area contributed by atoms with Gasteiger partial charge < -0.3 is 19.1 Å². The maximum Gasteiger partial charge on any atom is 0.258 e.